The Morgan fingerprint density at radius 1 is 0.700 bits per heavy atom. The van der Waals surface area contributed by atoms with Crippen molar-refractivity contribution in [3.05, 3.63) is 24.3 Å². The Morgan fingerprint density at radius 3 is 1.95 bits per heavy atom. The fraction of sp³-hybridized carbons (Fsp3) is 0.647. The molecule has 3 nitrogen and oxygen atoms in total. The van der Waals surface area contributed by atoms with Crippen molar-refractivity contribution in [2.45, 2.75) is 64.2 Å². The second-order valence-electron chi connectivity index (χ2n) is 5.28. The van der Waals surface area contributed by atoms with Crippen LogP contribution in [0.3, 0.4) is 0 Å². The van der Waals surface area contributed by atoms with Gasteiger partial charge in [-0.25, -0.2) is 4.79 Å². The molecule has 0 saturated heterocycles. The van der Waals surface area contributed by atoms with Crippen LogP contribution in [-0.2, 0) is 14.3 Å². The molecule has 3 heteroatoms. The highest BCUT2D eigenvalue weighted by Gasteiger charge is 1.99. The van der Waals surface area contributed by atoms with Gasteiger partial charge in [0.05, 0.1) is 6.61 Å². The van der Waals surface area contributed by atoms with Crippen LogP contribution in [0.2, 0.25) is 0 Å². The Bertz CT molecular complexity index is 308. The van der Waals surface area contributed by atoms with Gasteiger partial charge in [0.1, 0.15) is 0 Å². The van der Waals surface area contributed by atoms with Gasteiger partial charge in [0.25, 0.3) is 0 Å². The third-order valence-corrected chi connectivity index (χ3v) is 3.44. The summed E-state index contributed by atoms with van der Waals surface area (Å²) >= 11 is 0. The molecule has 0 aromatic rings. The predicted octanol–water partition coefficient (Wildman–Crippen LogP) is 4.13. The molecule has 0 fully saturated rings. The number of ether oxygens (including phenoxy) is 1. The van der Waals surface area contributed by atoms with E-state index in [1.54, 1.807) is 12.2 Å². The van der Waals surface area contributed by atoms with E-state index in [0.29, 0.717) is 13.0 Å². The molecule has 112 valence electrons. The van der Waals surface area contributed by atoms with Crippen LogP contribution in [0, 0.1) is 0 Å². The fourth-order valence-electron chi connectivity index (χ4n) is 2.24. The third kappa shape index (κ3) is 9.54. The van der Waals surface area contributed by atoms with Gasteiger partial charge in [-0.2, -0.15) is 0 Å². The van der Waals surface area contributed by atoms with Gasteiger partial charge < -0.3 is 4.74 Å². The molecule has 0 saturated carbocycles. The molecule has 0 atom stereocenters. The highest BCUT2D eigenvalue weighted by atomic mass is 16.5. The molecule has 0 unspecified atom stereocenters. The Morgan fingerprint density at radius 2 is 1.25 bits per heavy atom. The third-order valence-electron chi connectivity index (χ3n) is 3.44. The first-order valence-corrected chi connectivity index (χ1v) is 7.83. The monoisotopic (exact) mass is 278 g/mol. The van der Waals surface area contributed by atoms with E-state index < -0.39 is 0 Å². The van der Waals surface area contributed by atoms with Crippen LogP contribution in [0.5, 0.6) is 0 Å². The van der Waals surface area contributed by atoms with Crippen LogP contribution in [0.15, 0.2) is 24.3 Å². The quantitative estimate of drug-likeness (QED) is 0.626. The normalized spacial score (nSPS) is 24.2. The highest BCUT2D eigenvalue weighted by Crippen LogP contribution is 2.11. The lowest BCUT2D eigenvalue weighted by atomic mass is 10.1. The van der Waals surface area contributed by atoms with Crippen LogP contribution in [0.25, 0.3) is 0 Å². The molecule has 0 spiro atoms. The zero-order chi connectivity index (χ0) is 14.5. The molecule has 1 heterocycles. The van der Waals surface area contributed by atoms with Gasteiger partial charge in [-0.05, 0) is 18.9 Å². The van der Waals surface area contributed by atoms with E-state index >= 15 is 0 Å². The Labute approximate surface area is 122 Å². The summed E-state index contributed by atoms with van der Waals surface area (Å²) in [4.78, 5) is 22.9. The summed E-state index contributed by atoms with van der Waals surface area (Å²) in [5, 5.41) is 0. The molecule has 1 rings (SSSR count). The van der Waals surface area contributed by atoms with Gasteiger partial charge >= 0.3 is 5.97 Å². The van der Waals surface area contributed by atoms with Crippen molar-refractivity contribution in [1.29, 1.82) is 0 Å². The van der Waals surface area contributed by atoms with Crippen molar-refractivity contribution < 1.29 is 14.3 Å². The topological polar surface area (TPSA) is 43.4 Å². The molecule has 0 amide bonds. The largest absolute Gasteiger partial charge is 0.463 e. The van der Waals surface area contributed by atoms with Crippen molar-refractivity contribution in [2.75, 3.05) is 6.61 Å². The smallest absolute Gasteiger partial charge is 0.330 e. The van der Waals surface area contributed by atoms with Gasteiger partial charge in [-0.3, -0.25) is 4.79 Å². The van der Waals surface area contributed by atoms with Crippen LogP contribution < -0.4 is 0 Å². The number of hydrogen-bond donors (Lipinski definition) is 0. The number of esters is 1. The summed E-state index contributed by atoms with van der Waals surface area (Å²) in [6, 6.07) is 0. The molecular formula is C17H26O3. The molecule has 20 heavy (non-hydrogen) atoms. The van der Waals surface area contributed by atoms with Crippen LogP contribution in [0.4, 0.5) is 0 Å². The average Bonchev–Trinajstić information content (AvgIpc) is 2.44. The zero-order valence-electron chi connectivity index (χ0n) is 12.3. The predicted molar refractivity (Wildman–Crippen MR) is 80.4 cm³/mol. The number of allylic oxidation sites excluding steroid dienone is 3. The minimum atomic E-state index is -0.330. The van der Waals surface area contributed by atoms with Gasteiger partial charge in [-0.15, -0.1) is 0 Å². The molecule has 0 aromatic carbocycles. The molecule has 1 aliphatic heterocycles. The van der Waals surface area contributed by atoms with Crippen molar-refractivity contribution in [2.24, 2.45) is 0 Å². The molecule has 0 aromatic heterocycles. The van der Waals surface area contributed by atoms with Crippen molar-refractivity contribution >= 4 is 11.8 Å². The van der Waals surface area contributed by atoms with E-state index in [-0.39, 0.29) is 11.8 Å². The lowest BCUT2D eigenvalue weighted by Crippen LogP contribution is -2.02. The maximum Gasteiger partial charge on any atom is 0.330 e. The molecule has 0 bridgehead atoms. The molecule has 0 N–H and O–H groups in total. The SMILES string of the molecule is O=C1/C=C\C=C\C(=O)OCCCCCCCCCCC1. The second-order valence-corrected chi connectivity index (χ2v) is 5.28. The molecule has 1 aliphatic rings. The van der Waals surface area contributed by atoms with E-state index in [4.69, 9.17) is 4.74 Å². The van der Waals surface area contributed by atoms with E-state index in [1.807, 2.05) is 0 Å². The van der Waals surface area contributed by atoms with Crippen LogP contribution in [-0.4, -0.2) is 18.4 Å². The lowest BCUT2D eigenvalue weighted by Gasteiger charge is -2.03. The van der Waals surface area contributed by atoms with E-state index in [2.05, 4.69) is 0 Å². The standard InChI is InChI=1S/C17H26O3/c18-16-12-8-6-4-2-1-3-5-7-11-15-20-17(19)14-10-9-13-16/h9-10,13-14H,1-8,11-12,15H2/b13-9-,14-10+. The second kappa shape index (κ2) is 11.4. The van der Waals surface area contributed by atoms with E-state index in [1.165, 1.54) is 44.3 Å². The number of rotatable bonds is 0. The highest BCUT2D eigenvalue weighted by molar-refractivity contribution is 5.90. The first-order chi connectivity index (χ1) is 9.79. The Balaban J connectivity index is 2.36. The van der Waals surface area contributed by atoms with Crippen LogP contribution in [0.1, 0.15) is 64.2 Å². The van der Waals surface area contributed by atoms with Gasteiger partial charge in [-0.1, -0.05) is 57.1 Å². The summed E-state index contributed by atoms with van der Waals surface area (Å²) in [5.41, 5.74) is 0. The van der Waals surface area contributed by atoms with E-state index in [0.717, 1.165) is 25.7 Å². The lowest BCUT2D eigenvalue weighted by molar-refractivity contribution is -0.137. The number of carbonyl (C=O) groups excluding carboxylic acids is 2. The molecular weight excluding hydrogens is 252 g/mol. The summed E-state index contributed by atoms with van der Waals surface area (Å²) in [5.74, 6) is -0.202. The molecule has 0 radical (unpaired) electrons. The first kappa shape index (κ1) is 16.7. The average molecular weight is 278 g/mol. The Kier molecular flexibility index (Phi) is 9.54. The number of carbonyl (C=O) groups is 2. The van der Waals surface area contributed by atoms with Gasteiger partial charge in [0, 0.05) is 12.5 Å². The molecule has 0 aliphatic carbocycles. The summed E-state index contributed by atoms with van der Waals surface area (Å²) < 4.78 is 5.07. The number of cyclic esters (lactones) is 1. The zero-order valence-corrected chi connectivity index (χ0v) is 12.3. The minimum Gasteiger partial charge on any atom is -0.463 e. The van der Waals surface area contributed by atoms with Crippen molar-refractivity contribution in [3.63, 3.8) is 0 Å². The first-order valence-electron chi connectivity index (χ1n) is 7.83. The maximum absolute atomic E-state index is 11.5. The Hall–Kier alpha value is -1.38. The van der Waals surface area contributed by atoms with E-state index in [9.17, 15) is 9.59 Å². The summed E-state index contributed by atoms with van der Waals surface area (Å²) in [7, 11) is 0. The summed E-state index contributed by atoms with van der Waals surface area (Å²) in [6.45, 7) is 0.492. The van der Waals surface area contributed by atoms with Gasteiger partial charge in [0.15, 0.2) is 5.78 Å². The minimum absolute atomic E-state index is 0.129. The number of ketones is 1. The van der Waals surface area contributed by atoms with Gasteiger partial charge in [0.2, 0.25) is 0 Å². The fourth-order valence-corrected chi connectivity index (χ4v) is 2.24. The maximum atomic E-state index is 11.5. The number of hydrogen-bond acceptors (Lipinski definition) is 3. The van der Waals surface area contributed by atoms with Crippen molar-refractivity contribution in [1.82, 2.24) is 0 Å². The van der Waals surface area contributed by atoms with Crippen LogP contribution >= 0.6 is 0 Å². The van der Waals surface area contributed by atoms with Crippen molar-refractivity contribution in [3.8, 4) is 0 Å². The summed E-state index contributed by atoms with van der Waals surface area (Å²) in [6.07, 6.45) is 17.1.